The molecule has 104 valence electrons. The van der Waals surface area contributed by atoms with E-state index in [0.29, 0.717) is 19.6 Å². The summed E-state index contributed by atoms with van der Waals surface area (Å²) in [7, 11) is 0. The molecule has 0 aromatic heterocycles. The SMILES string of the molecule is O=C(COc1cccc(C(F)(F)F)c1)C1CCOC1. The standard InChI is InChI=1S/C13H13F3O3/c14-13(15,16)10-2-1-3-11(6-10)19-8-12(17)9-4-5-18-7-9/h1-3,6,9H,4-5,7-8H2. The maximum Gasteiger partial charge on any atom is 0.416 e. The number of hydrogen-bond donors (Lipinski definition) is 0. The minimum absolute atomic E-state index is 0.0436. The van der Waals surface area contributed by atoms with Crippen LogP contribution in [0.2, 0.25) is 0 Å². The Labute approximate surface area is 108 Å². The second-order valence-electron chi connectivity index (χ2n) is 4.34. The van der Waals surface area contributed by atoms with Crippen LogP contribution in [0.3, 0.4) is 0 Å². The van der Waals surface area contributed by atoms with Gasteiger partial charge in [0.15, 0.2) is 5.78 Å². The molecule has 2 rings (SSSR count). The predicted molar refractivity (Wildman–Crippen MR) is 60.9 cm³/mol. The number of carbonyl (C=O) groups is 1. The number of alkyl halides is 3. The van der Waals surface area contributed by atoms with Gasteiger partial charge in [0.2, 0.25) is 0 Å². The van der Waals surface area contributed by atoms with Gasteiger partial charge in [0.1, 0.15) is 12.4 Å². The molecule has 1 aliphatic rings. The van der Waals surface area contributed by atoms with Gasteiger partial charge in [0, 0.05) is 12.5 Å². The zero-order valence-electron chi connectivity index (χ0n) is 10.1. The summed E-state index contributed by atoms with van der Waals surface area (Å²) in [5.74, 6) is -0.303. The van der Waals surface area contributed by atoms with Crippen LogP contribution in [0.4, 0.5) is 13.2 Å². The highest BCUT2D eigenvalue weighted by Gasteiger charge is 2.30. The molecule has 19 heavy (non-hydrogen) atoms. The molecule has 0 aliphatic carbocycles. The molecule has 1 aliphatic heterocycles. The number of Topliss-reactive ketones (excluding diaryl/α,β-unsaturated/α-hetero) is 1. The minimum Gasteiger partial charge on any atom is -0.486 e. The van der Waals surface area contributed by atoms with E-state index in [4.69, 9.17) is 9.47 Å². The second kappa shape index (κ2) is 5.61. The van der Waals surface area contributed by atoms with E-state index in [-0.39, 0.29) is 24.1 Å². The summed E-state index contributed by atoms with van der Waals surface area (Å²) >= 11 is 0. The average Bonchev–Trinajstić information content (AvgIpc) is 2.89. The first-order valence-corrected chi connectivity index (χ1v) is 5.87. The topological polar surface area (TPSA) is 35.5 Å². The van der Waals surface area contributed by atoms with Gasteiger partial charge in [-0.2, -0.15) is 13.2 Å². The molecule has 0 saturated carbocycles. The number of benzene rings is 1. The summed E-state index contributed by atoms with van der Waals surface area (Å²) in [6, 6.07) is 4.49. The highest BCUT2D eigenvalue weighted by Crippen LogP contribution is 2.31. The van der Waals surface area contributed by atoms with Crippen LogP contribution in [0.15, 0.2) is 24.3 Å². The van der Waals surface area contributed by atoms with Crippen molar-refractivity contribution in [3.63, 3.8) is 0 Å². The summed E-state index contributed by atoms with van der Waals surface area (Å²) in [6.45, 7) is 0.681. The van der Waals surface area contributed by atoms with Gasteiger partial charge in [-0.1, -0.05) is 6.07 Å². The van der Waals surface area contributed by atoms with Crippen LogP contribution in [0.5, 0.6) is 5.75 Å². The fraction of sp³-hybridized carbons (Fsp3) is 0.462. The van der Waals surface area contributed by atoms with E-state index in [1.165, 1.54) is 12.1 Å². The second-order valence-corrected chi connectivity index (χ2v) is 4.34. The fourth-order valence-corrected chi connectivity index (χ4v) is 1.82. The molecule has 1 aromatic rings. The Bertz CT molecular complexity index is 451. The summed E-state index contributed by atoms with van der Waals surface area (Å²) in [4.78, 5) is 11.7. The molecular formula is C13H13F3O3. The molecule has 0 N–H and O–H groups in total. The van der Waals surface area contributed by atoms with Gasteiger partial charge in [0.25, 0.3) is 0 Å². The lowest BCUT2D eigenvalue weighted by molar-refractivity contribution is -0.137. The molecule has 1 heterocycles. The van der Waals surface area contributed by atoms with Crippen LogP contribution in [-0.2, 0) is 15.7 Å². The molecular weight excluding hydrogens is 261 g/mol. The molecule has 0 radical (unpaired) electrons. The zero-order chi connectivity index (χ0) is 13.9. The lowest BCUT2D eigenvalue weighted by Crippen LogP contribution is -2.21. The Morgan fingerprint density at radius 2 is 2.21 bits per heavy atom. The Morgan fingerprint density at radius 1 is 1.42 bits per heavy atom. The van der Waals surface area contributed by atoms with Crippen molar-refractivity contribution in [1.29, 1.82) is 0 Å². The van der Waals surface area contributed by atoms with Crippen LogP contribution in [-0.4, -0.2) is 25.6 Å². The zero-order valence-corrected chi connectivity index (χ0v) is 10.1. The molecule has 0 spiro atoms. The number of ether oxygens (including phenoxy) is 2. The Hall–Kier alpha value is -1.56. The third-order valence-electron chi connectivity index (χ3n) is 2.93. The maximum absolute atomic E-state index is 12.5. The normalized spacial score (nSPS) is 19.4. The Kier molecular flexibility index (Phi) is 4.09. The Morgan fingerprint density at radius 3 is 2.84 bits per heavy atom. The van der Waals surface area contributed by atoms with Crippen molar-refractivity contribution in [2.45, 2.75) is 12.6 Å². The summed E-state index contributed by atoms with van der Waals surface area (Å²) in [5.41, 5.74) is -0.790. The lowest BCUT2D eigenvalue weighted by atomic mass is 10.0. The van der Waals surface area contributed by atoms with Crippen LogP contribution in [0, 0.1) is 5.92 Å². The van der Waals surface area contributed by atoms with Crippen LogP contribution in [0.25, 0.3) is 0 Å². The molecule has 0 bridgehead atoms. The van der Waals surface area contributed by atoms with E-state index in [0.717, 1.165) is 12.1 Å². The number of carbonyl (C=O) groups excluding carboxylic acids is 1. The fourth-order valence-electron chi connectivity index (χ4n) is 1.82. The van der Waals surface area contributed by atoms with Crippen molar-refractivity contribution >= 4 is 5.78 Å². The van der Waals surface area contributed by atoms with Gasteiger partial charge in [-0.3, -0.25) is 4.79 Å². The van der Waals surface area contributed by atoms with Gasteiger partial charge < -0.3 is 9.47 Å². The van der Waals surface area contributed by atoms with Gasteiger partial charge in [-0.25, -0.2) is 0 Å². The van der Waals surface area contributed by atoms with Crippen LogP contribution < -0.4 is 4.74 Å². The van der Waals surface area contributed by atoms with E-state index in [1.54, 1.807) is 0 Å². The van der Waals surface area contributed by atoms with E-state index in [9.17, 15) is 18.0 Å². The summed E-state index contributed by atoms with van der Waals surface area (Å²) < 4.78 is 47.6. The maximum atomic E-state index is 12.5. The van der Waals surface area contributed by atoms with E-state index >= 15 is 0 Å². The number of halogens is 3. The highest BCUT2D eigenvalue weighted by molar-refractivity contribution is 5.82. The first kappa shape index (κ1) is 13.9. The molecule has 1 aromatic carbocycles. The minimum atomic E-state index is -4.41. The van der Waals surface area contributed by atoms with Gasteiger partial charge in [0.05, 0.1) is 12.2 Å². The van der Waals surface area contributed by atoms with E-state index in [1.807, 2.05) is 0 Å². The third kappa shape index (κ3) is 3.70. The summed E-state index contributed by atoms with van der Waals surface area (Å²) in [5, 5.41) is 0. The number of ketones is 1. The van der Waals surface area contributed by atoms with Crippen molar-refractivity contribution in [3.05, 3.63) is 29.8 Å². The van der Waals surface area contributed by atoms with Crippen molar-refractivity contribution in [2.75, 3.05) is 19.8 Å². The molecule has 1 unspecified atom stereocenters. The van der Waals surface area contributed by atoms with Crippen molar-refractivity contribution in [3.8, 4) is 5.75 Å². The smallest absolute Gasteiger partial charge is 0.416 e. The molecule has 3 nitrogen and oxygen atoms in total. The molecule has 0 amide bonds. The van der Waals surface area contributed by atoms with E-state index in [2.05, 4.69) is 0 Å². The van der Waals surface area contributed by atoms with Crippen molar-refractivity contribution in [2.24, 2.45) is 5.92 Å². The molecule has 1 atom stereocenters. The van der Waals surface area contributed by atoms with E-state index < -0.39 is 11.7 Å². The van der Waals surface area contributed by atoms with Crippen LogP contribution >= 0.6 is 0 Å². The van der Waals surface area contributed by atoms with Crippen molar-refractivity contribution in [1.82, 2.24) is 0 Å². The third-order valence-corrected chi connectivity index (χ3v) is 2.93. The quantitative estimate of drug-likeness (QED) is 0.846. The molecule has 6 heteroatoms. The predicted octanol–water partition coefficient (Wildman–Crippen LogP) is 2.69. The van der Waals surface area contributed by atoms with Gasteiger partial charge >= 0.3 is 6.18 Å². The lowest BCUT2D eigenvalue weighted by Gasteiger charge is -2.11. The first-order valence-electron chi connectivity index (χ1n) is 5.87. The highest BCUT2D eigenvalue weighted by atomic mass is 19.4. The van der Waals surface area contributed by atoms with Crippen LogP contribution in [0.1, 0.15) is 12.0 Å². The number of rotatable bonds is 4. The Balaban J connectivity index is 1.94. The summed E-state index contributed by atoms with van der Waals surface area (Å²) in [6.07, 6.45) is -3.77. The van der Waals surface area contributed by atoms with Crippen molar-refractivity contribution < 1.29 is 27.4 Å². The molecule has 1 saturated heterocycles. The van der Waals surface area contributed by atoms with Gasteiger partial charge in [-0.05, 0) is 24.6 Å². The average molecular weight is 274 g/mol. The van der Waals surface area contributed by atoms with Gasteiger partial charge in [-0.15, -0.1) is 0 Å². The molecule has 1 fully saturated rings. The first-order chi connectivity index (χ1) is 8.97. The largest absolute Gasteiger partial charge is 0.486 e. The monoisotopic (exact) mass is 274 g/mol. The number of hydrogen-bond acceptors (Lipinski definition) is 3.